The summed E-state index contributed by atoms with van der Waals surface area (Å²) in [6.07, 6.45) is 5.69. The number of anilines is 1. The quantitative estimate of drug-likeness (QED) is 0.415. The molecule has 0 N–H and O–H groups in total. The van der Waals surface area contributed by atoms with Crippen LogP contribution >= 0.6 is 11.3 Å². The first-order valence-corrected chi connectivity index (χ1v) is 10.5. The first-order chi connectivity index (χ1) is 14.7. The molecule has 0 saturated heterocycles. The van der Waals surface area contributed by atoms with Crippen LogP contribution in [0.2, 0.25) is 0 Å². The van der Waals surface area contributed by atoms with Crippen molar-refractivity contribution in [2.24, 2.45) is 7.05 Å². The summed E-state index contributed by atoms with van der Waals surface area (Å²) in [5, 5.41) is 7.53. The molecule has 1 aromatic carbocycles. The van der Waals surface area contributed by atoms with E-state index in [9.17, 15) is 0 Å². The standard InChI is InChI=1S/C23H20N6S/c1-28(13-16-12-25-29(2)14-16)22-20-18(17-8-4-3-5-9-17)15-30-23(20)27-21(26-22)19-10-6-7-11-24-19/h3-12,14-15H,13H2,1-2H3. The van der Waals surface area contributed by atoms with E-state index < -0.39 is 0 Å². The van der Waals surface area contributed by atoms with Gasteiger partial charge in [-0.1, -0.05) is 36.4 Å². The molecule has 0 atom stereocenters. The summed E-state index contributed by atoms with van der Waals surface area (Å²) in [6, 6.07) is 16.2. The van der Waals surface area contributed by atoms with Crippen LogP contribution < -0.4 is 4.90 Å². The Hall–Kier alpha value is -3.58. The molecule has 7 heteroatoms. The zero-order chi connectivity index (χ0) is 20.5. The second kappa shape index (κ2) is 7.68. The van der Waals surface area contributed by atoms with Crippen molar-refractivity contribution in [3.05, 3.63) is 78.1 Å². The third-order valence-electron chi connectivity index (χ3n) is 4.93. The van der Waals surface area contributed by atoms with Gasteiger partial charge in [0.1, 0.15) is 16.3 Å². The van der Waals surface area contributed by atoms with Gasteiger partial charge in [-0.2, -0.15) is 5.10 Å². The molecule has 0 aliphatic carbocycles. The fourth-order valence-corrected chi connectivity index (χ4v) is 4.48. The fourth-order valence-electron chi connectivity index (χ4n) is 3.54. The van der Waals surface area contributed by atoms with Crippen LogP contribution in [0.25, 0.3) is 32.9 Å². The number of benzene rings is 1. The number of hydrogen-bond acceptors (Lipinski definition) is 6. The normalized spacial score (nSPS) is 11.1. The Bertz CT molecular complexity index is 1290. The largest absolute Gasteiger partial charge is 0.355 e. The Morgan fingerprint density at radius 1 is 1.03 bits per heavy atom. The summed E-state index contributed by atoms with van der Waals surface area (Å²) in [5.41, 5.74) is 4.21. The van der Waals surface area contributed by atoms with Crippen LogP contribution in [0.15, 0.2) is 72.5 Å². The maximum Gasteiger partial charge on any atom is 0.181 e. The molecule has 4 aromatic heterocycles. The Labute approximate surface area is 178 Å². The highest BCUT2D eigenvalue weighted by molar-refractivity contribution is 7.17. The zero-order valence-electron chi connectivity index (χ0n) is 16.7. The Morgan fingerprint density at radius 2 is 1.87 bits per heavy atom. The van der Waals surface area contributed by atoms with Crippen molar-refractivity contribution in [2.45, 2.75) is 6.54 Å². The average Bonchev–Trinajstić information content (AvgIpc) is 3.40. The van der Waals surface area contributed by atoms with Crippen molar-refractivity contribution in [1.82, 2.24) is 24.7 Å². The van der Waals surface area contributed by atoms with Crippen LogP contribution in [0.3, 0.4) is 0 Å². The minimum absolute atomic E-state index is 0.637. The van der Waals surface area contributed by atoms with Gasteiger partial charge in [-0.15, -0.1) is 11.3 Å². The number of nitrogens with zero attached hydrogens (tertiary/aromatic N) is 6. The van der Waals surface area contributed by atoms with Crippen LogP contribution in [0.1, 0.15) is 5.56 Å². The van der Waals surface area contributed by atoms with E-state index in [-0.39, 0.29) is 0 Å². The highest BCUT2D eigenvalue weighted by atomic mass is 32.1. The average molecular weight is 413 g/mol. The van der Waals surface area contributed by atoms with E-state index >= 15 is 0 Å². The molecule has 4 heterocycles. The molecule has 0 amide bonds. The molecular weight excluding hydrogens is 392 g/mol. The first-order valence-electron chi connectivity index (χ1n) is 9.64. The second-order valence-corrected chi connectivity index (χ2v) is 8.02. The van der Waals surface area contributed by atoms with Crippen molar-refractivity contribution in [3.8, 4) is 22.6 Å². The smallest absolute Gasteiger partial charge is 0.181 e. The van der Waals surface area contributed by atoms with Crippen LogP contribution in [0.4, 0.5) is 5.82 Å². The lowest BCUT2D eigenvalue weighted by molar-refractivity contribution is 0.766. The summed E-state index contributed by atoms with van der Waals surface area (Å²) in [5.74, 6) is 1.53. The topological polar surface area (TPSA) is 59.7 Å². The van der Waals surface area contributed by atoms with Gasteiger partial charge in [0.25, 0.3) is 0 Å². The monoisotopic (exact) mass is 412 g/mol. The zero-order valence-corrected chi connectivity index (χ0v) is 17.5. The van der Waals surface area contributed by atoms with E-state index in [2.05, 4.69) is 51.7 Å². The van der Waals surface area contributed by atoms with Gasteiger partial charge in [-0.25, -0.2) is 9.97 Å². The number of thiophene rings is 1. The number of aromatic nitrogens is 5. The minimum atomic E-state index is 0.637. The lowest BCUT2D eigenvalue weighted by atomic mass is 10.1. The van der Waals surface area contributed by atoms with Gasteiger partial charge in [0.15, 0.2) is 5.82 Å². The number of aryl methyl sites for hydroxylation is 1. The maximum absolute atomic E-state index is 4.96. The molecule has 0 radical (unpaired) electrons. The van der Waals surface area contributed by atoms with Gasteiger partial charge in [-0.3, -0.25) is 9.67 Å². The highest BCUT2D eigenvalue weighted by Crippen LogP contribution is 2.39. The van der Waals surface area contributed by atoms with Crippen LogP contribution in [0.5, 0.6) is 0 Å². The molecule has 5 rings (SSSR count). The molecule has 0 aliphatic rings. The summed E-state index contributed by atoms with van der Waals surface area (Å²) in [6.45, 7) is 0.700. The van der Waals surface area contributed by atoms with Gasteiger partial charge in [0.2, 0.25) is 0 Å². The fraction of sp³-hybridized carbons (Fsp3) is 0.130. The van der Waals surface area contributed by atoms with Crippen LogP contribution in [-0.2, 0) is 13.6 Å². The van der Waals surface area contributed by atoms with E-state index in [1.807, 2.05) is 48.4 Å². The molecule has 0 saturated carbocycles. The van der Waals surface area contributed by atoms with Crippen molar-refractivity contribution in [2.75, 3.05) is 11.9 Å². The van der Waals surface area contributed by atoms with Gasteiger partial charge in [0, 0.05) is 49.5 Å². The Kier molecular flexibility index (Phi) is 4.72. The number of hydrogen-bond donors (Lipinski definition) is 0. The van der Waals surface area contributed by atoms with Crippen LogP contribution in [0, 0.1) is 0 Å². The summed E-state index contributed by atoms with van der Waals surface area (Å²) in [7, 11) is 3.99. The molecule has 0 bridgehead atoms. The van der Waals surface area contributed by atoms with Gasteiger partial charge in [0.05, 0.1) is 11.6 Å². The van der Waals surface area contributed by atoms with Gasteiger partial charge in [-0.05, 0) is 17.7 Å². The molecule has 0 spiro atoms. The van der Waals surface area contributed by atoms with Crippen molar-refractivity contribution < 1.29 is 0 Å². The van der Waals surface area contributed by atoms with Crippen molar-refractivity contribution in [1.29, 1.82) is 0 Å². The second-order valence-electron chi connectivity index (χ2n) is 7.16. The Morgan fingerprint density at radius 3 is 2.60 bits per heavy atom. The summed E-state index contributed by atoms with van der Waals surface area (Å²) < 4.78 is 1.82. The molecule has 5 aromatic rings. The highest BCUT2D eigenvalue weighted by Gasteiger charge is 2.19. The van der Waals surface area contributed by atoms with E-state index in [0.29, 0.717) is 12.4 Å². The minimum Gasteiger partial charge on any atom is -0.355 e. The lowest BCUT2D eigenvalue weighted by Gasteiger charge is -2.20. The number of pyridine rings is 1. The predicted molar refractivity (Wildman–Crippen MR) is 121 cm³/mol. The number of fused-ring (bicyclic) bond motifs is 1. The molecule has 0 aliphatic heterocycles. The number of rotatable bonds is 5. The Balaban J connectivity index is 1.68. The first kappa shape index (κ1) is 18.4. The molecule has 0 unspecified atom stereocenters. The van der Waals surface area contributed by atoms with Crippen molar-refractivity contribution >= 4 is 27.4 Å². The van der Waals surface area contributed by atoms with E-state index in [4.69, 9.17) is 9.97 Å². The van der Waals surface area contributed by atoms with Crippen molar-refractivity contribution in [3.63, 3.8) is 0 Å². The molecule has 0 fully saturated rings. The van der Waals surface area contributed by atoms with E-state index in [0.717, 1.165) is 38.4 Å². The molecular formula is C23H20N6S. The lowest BCUT2D eigenvalue weighted by Crippen LogP contribution is -2.18. The van der Waals surface area contributed by atoms with Gasteiger partial charge < -0.3 is 4.90 Å². The SMILES string of the molecule is CN(Cc1cnn(C)c1)c1nc(-c2ccccn2)nc2scc(-c3ccccc3)c12. The van der Waals surface area contributed by atoms with Crippen LogP contribution in [-0.4, -0.2) is 31.8 Å². The van der Waals surface area contributed by atoms with E-state index in [1.54, 1.807) is 17.5 Å². The maximum atomic E-state index is 4.96. The third-order valence-corrected chi connectivity index (χ3v) is 5.81. The van der Waals surface area contributed by atoms with Gasteiger partial charge >= 0.3 is 0 Å². The predicted octanol–water partition coefficient (Wildman–Crippen LogP) is 4.79. The summed E-state index contributed by atoms with van der Waals surface area (Å²) >= 11 is 1.64. The van der Waals surface area contributed by atoms with E-state index in [1.165, 1.54) is 0 Å². The molecule has 148 valence electrons. The summed E-state index contributed by atoms with van der Waals surface area (Å²) in [4.78, 5) is 17.4. The third kappa shape index (κ3) is 3.44. The molecule has 6 nitrogen and oxygen atoms in total. The molecule has 30 heavy (non-hydrogen) atoms.